The van der Waals surface area contributed by atoms with Crippen LogP contribution in [0.3, 0.4) is 0 Å². The highest BCUT2D eigenvalue weighted by atomic mass is 16.2. The lowest BCUT2D eigenvalue weighted by Crippen LogP contribution is -2.31. The van der Waals surface area contributed by atoms with E-state index < -0.39 is 0 Å². The minimum Gasteiger partial charge on any atom is -0.352 e. The Morgan fingerprint density at radius 2 is 1.95 bits per heavy atom. The summed E-state index contributed by atoms with van der Waals surface area (Å²) in [7, 11) is 0. The maximum atomic E-state index is 11.8. The summed E-state index contributed by atoms with van der Waals surface area (Å²) < 4.78 is 0. The van der Waals surface area contributed by atoms with Crippen molar-refractivity contribution in [1.82, 2.24) is 10.2 Å². The monoisotopic (exact) mass is 294 g/mol. The maximum absolute atomic E-state index is 11.8. The van der Waals surface area contributed by atoms with Crippen molar-refractivity contribution < 1.29 is 9.59 Å². The molecule has 1 saturated heterocycles. The van der Waals surface area contributed by atoms with Gasteiger partial charge in [0.1, 0.15) is 0 Å². The normalized spacial score (nSPS) is 15.7. The van der Waals surface area contributed by atoms with Gasteiger partial charge in [0.15, 0.2) is 0 Å². The predicted octanol–water partition coefficient (Wildman–Crippen LogP) is 3.03. The lowest BCUT2D eigenvalue weighted by molar-refractivity contribution is -0.130. The summed E-state index contributed by atoms with van der Waals surface area (Å²) in [6.07, 6.45) is 9.11. The summed E-state index contributed by atoms with van der Waals surface area (Å²) in [5.74, 6) is 0.311. The van der Waals surface area contributed by atoms with Crippen molar-refractivity contribution in [1.29, 1.82) is 0 Å². The second kappa shape index (κ2) is 10.4. The molecule has 0 atom stereocenters. The van der Waals surface area contributed by atoms with Gasteiger partial charge in [0.05, 0.1) is 0 Å². The van der Waals surface area contributed by atoms with Crippen LogP contribution in [0.4, 0.5) is 0 Å². The van der Waals surface area contributed by atoms with Gasteiger partial charge in [0.25, 0.3) is 0 Å². The smallest absolute Gasteiger partial charge is 0.246 e. The number of carbonyl (C=O) groups is 2. The van der Waals surface area contributed by atoms with E-state index in [-0.39, 0.29) is 5.91 Å². The maximum Gasteiger partial charge on any atom is 0.246 e. The molecular weight excluding hydrogens is 264 g/mol. The fourth-order valence-electron chi connectivity index (χ4n) is 2.54. The Hall–Kier alpha value is -1.32. The molecule has 0 aromatic rings. The highest BCUT2D eigenvalue weighted by Gasteiger charge is 2.15. The zero-order chi connectivity index (χ0) is 15.5. The van der Waals surface area contributed by atoms with Crippen LogP contribution < -0.4 is 5.32 Å². The van der Waals surface area contributed by atoms with E-state index in [1.54, 1.807) is 0 Å². The molecule has 1 aliphatic rings. The zero-order valence-electron chi connectivity index (χ0n) is 13.5. The van der Waals surface area contributed by atoms with E-state index in [1.807, 2.05) is 11.8 Å². The molecule has 0 radical (unpaired) electrons. The highest BCUT2D eigenvalue weighted by molar-refractivity contribution is 5.92. The van der Waals surface area contributed by atoms with Gasteiger partial charge in [-0.25, -0.2) is 0 Å². The first-order valence-corrected chi connectivity index (χ1v) is 8.39. The first-order valence-electron chi connectivity index (χ1n) is 8.39. The molecule has 4 heteroatoms. The van der Waals surface area contributed by atoms with E-state index in [0.717, 1.165) is 64.6 Å². The second-order valence-corrected chi connectivity index (χ2v) is 5.82. The molecule has 0 bridgehead atoms. The van der Waals surface area contributed by atoms with Gasteiger partial charge in [-0.2, -0.15) is 0 Å². The summed E-state index contributed by atoms with van der Waals surface area (Å²) >= 11 is 0. The molecule has 120 valence electrons. The quantitative estimate of drug-likeness (QED) is 0.525. The molecule has 0 aromatic carbocycles. The topological polar surface area (TPSA) is 49.4 Å². The van der Waals surface area contributed by atoms with Crippen molar-refractivity contribution in [3.8, 4) is 0 Å². The third-order valence-corrected chi connectivity index (χ3v) is 4.06. The van der Waals surface area contributed by atoms with Crippen LogP contribution in [0, 0.1) is 0 Å². The van der Waals surface area contributed by atoms with Crippen molar-refractivity contribution in [3.63, 3.8) is 0 Å². The molecule has 0 unspecified atom stereocenters. The standard InChI is InChI=1S/C17H30N2O2/c1-3-15(2)17(21)18-12-8-4-5-9-13-19-14-10-6-7-11-16(19)20/h2-14H2,1H3,(H,18,21). The van der Waals surface area contributed by atoms with Gasteiger partial charge >= 0.3 is 0 Å². The Balaban J connectivity index is 2.00. The molecule has 1 fully saturated rings. The SMILES string of the molecule is C=C(CC)C(=O)NCCCCCCN1CCCCCC1=O. The Morgan fingerprint density at radius 3 is 2.71 bits per heavy atom. The van der Waals surface area contributed by atoms with Crippen molar-refractivity contribution in [3.05, 3.63) is 12.2 Å². The fourth-order valence-corrected chi connectivity index (χ4v) is 2.54. The van der Waals surface area contributed by atoms with Crippen molar-refractivity contribution in [2.45, 2.75) is 64.7 Å². The van der Waals surface area contributed by atoms with Crippen LogP contribution in [0.2, 0.25) is 0 Å². The number of unbranched alkanes of at least 4 members (excludes halogenated alkanes) is 3. The summed E-state index contributed by atoms with van der Waals surface area (Å²) in [4.78, 5) is 25.3. The zero-order valence-corrected chi connectivity index (χ0v) is 13.5. The average Bonchev–Trinajstić information content (AvgIpc) is 2.70. The van der Waals surface area contributed by atoms with E-state index >= 15 is 0 Å². The molecule has 1 heterocycles. The van der Waals surface area contributed by atoms with E-state index in [2.05, 4.69) is 11.9 Å². The van der Waals surface area contributed by atoms with Crippen LogP contribution in [0.25, 0.3) is 0 Å². The second-order valence-electron chi connectivity index (χ2n) is 5.82. The summed E-state index contributed by atoms with van der Waals surface area (Å²) in [6.45, 7) is 8.22. The van der Waals surface area contributed by atoms with Crippen LogP contribution in [0.5, 0.6) is 0 Å². The van der Waals surface area contributed by atoms with Crippen LogP contribution in [0.1, 0.15) is 64.7 Å². The van der Waals surface area contributed by atoms with Crippen LogP contribution in [-0.2, 0) is 9.59 Å². The average molecular weight is 294 g/mol. The predicted molar refractivity (Wildman–Crippen MR) is 86.0 cm³/mol. The summed E-state index contributed by atoms with van der Waals surface area (Å²) in [6, 6.07) is 0. The van der Waals surface area contributed by atoms with Crippen molar-refractivity contribution in [2.75, 3.05) is 19.6 Å². The number of hydrogen-bond acceptors (Lipinski definition) is 2. The Bertz CT molecular complexity index is 353. The van der Waals surface area contributed by atoms with Gasteiger partial charge in [0, 0.05) is 31.6 Å². The van der Waals surface area contributed by atoms with Crippen LogP contribution in [-0.4, -0.2) is 36.3 Å². The Morgan fingerprint density at radius 1 is 1.19 bits per heavy atom. The highest BCUT2D eigenvalue weighted by Crippen LogP contribution is 2.12. The van der Waals surface area contributed by atoms with Gasteiger partial charge < -0.3 is 10.2 Å². The molecule has 1 rings (SSSR count). The minimum atomic E-state index is -0.0207. The molecule has 0 aliphatic carbocycles. The number of amides is 2. The van der Waals surface area contributed by atoms with Gasteiger partial charge in [-0.3, -0.25) is 9.59 Å². The number of likely N-dealkylation sites (tertiary alicyclic amines) is 1. The molecule has 0 spiro atoms. The van der Waals surface area contributed by atoms with E-state index in [9.17, 15) is 9.59 Å². The van der Waals surface area contributed by atoms with Crippen molar-refractivity contribution >= 4 is 11.8 Å². The fraction of sp³-hybridized carbons (Fsp3) is 0.765. The lowest BCUT2D eigenvalue weighted by Gasteiger charge is -2.20. The first kappa shape index (κ1) is 17.7. The molecule has 0 saturated carbocycles. The third kappa shape index (κ3) is 7.30. The van der Waals surface area contributed by atoms with Gasteiger partial charge in [-0.1, -0.05) is 32.8 Å². The van der Waals surface area contributed by atoms with Crippen molar-refractivity contribution in [2.24, 2.45) is 0 Å². The number of rotatable bonds is 9. The third-order valence-electron chi connectivity index (χ3n) is 4.06. The minimum absolute atomic E-state index is 0.0207. The Kier molecular flexibility index (Phi) is 8.79. The summed E-state index contributed by atoms with van der Waals surface area (Å²) in [5.41, 5.74) is 0.648. The van der Waals surface area contributed by atoms with Crippen LogP contribution >= 0.6 is 0 Å². The van der Waals surface area contributed by atoms with Crippen LogP contribution in [0.15, 0.2) is 12.2 Å². The molecule has 1 aliphatic heterocycles. The largest absolute Gasteiger partial charge is 0.352 e. The van der Waals surface area contributed by atoms with E-state index in [0.29, 0.717) is 17.9 Å². The molecule has 0 aromatic heterocycles. The van der Waals surface area contributed by atoms with E-state index in [1.165, 1.54) is 6.42 Å². The molecule has 2 amide bonds. The number of nitrogens with zero attached hydrogens (tertiary/aromatic N) is 1. The molecule has 21 heavy (non-hydrogen) atoms. The lowest BCUT2D eigenvalue weighted by atomic mass is 10.1. The van der Waals surface area contributed by atoms with Gasteiger partial charge in [-0.05, 0) is 32.1 Å². The number of carbonyl (C=O) groups excluding carboxylic acids is 2. The number of nitrogens with one attached hydrogen (secondary N) is 1. The molecule has 1 N–H and O–H groups in total. The van der Waals surface area contributed by atoms with Gasteiger partial charge in [-0.15, -0.1) is 0 Å². The summed E-state index contributed by atoms with van der Waals surface area (Å²) in [5, 5.41) is 2.89. The number of hydrogen-bond donors (Lipinski definition) is 1. The first-order chi connectivity index (χ1) is 10.1. The van der Waals surface area contributed by atoms with Gasteiger partial charge in [0.2, 0.25) is 11.8 Å². The van der Waals surface area contributed by atoms with E-state index in [4.69, 9.17) is 0 Å². The molecule has 4 nitrogen and oxygen atoms in total. The molecular formula is C17H30N2O2. The Labute approximate surface area is 129 Å².